The average Bonchev–Trinajstić information content (AvgIpc) is 2.49. The third-order valence-electron chi connectivity index (χ3n) is 2.93. The van der Waals surface area contributed by atoms with Crippen LogP contribution in [-0.2, 0) is 0 Å². The van der Waals surface area contributed by atoms with Crippen LogP contribution in [0.4, 0.5) is 5.69 Å². The molecule has 0 aromatic heterocycles. The van der Waals surface area contributed by atoms with E-state index < -0.39 is 0 Å². The molecule has 0 amide bonds. The van der Waals surface area contributed by atoms with E-state index in [4.69, 9.17) is 10.5 Å². The summed E-state index contributed by atoms with van der Waals surface area (Å²) in [6.07, 6.45) is 0.371. The van der Waals surface area contributed by atoms with Gasteiger partial charge in [0.2, 0.25) is 0 Å². The minimum Gasteiger partial charge on any atom is -0.376 e. The summed E-state index contributed by atoms with van der Waals surface area (Å²) in [6, 6.07) is 19.4. The number of rotatable bonds is 4. The van der Waals surface area contributed by atoms with Crippen LogP contribution in [0.15, 0.2) is 53.0 Å². The molecule has 0 aliphatic heterocycles. The molecule has 0 bridgehead atoms. The van der Waals surface area contributed by atoms with Gasteiger partial charge >= 0.3 is 0 Å². The molecular weight excluding hydrogens is 314 g/mol. The summed E-state index contributed by atoms with van der Waals surface area (Å²) in [7, 11) is 0. The Balaban J connectivity index is 2.26. The third-order valence-corrected chi connectivity index (χ3v) is 3.58. The van der Waals surface area contributed by atoms with Crippen molar-refractivity contribution in [3.05, 3.63) is 64.1 Å². The number of anilines is 1. The van der Waals surface area contributed by atoms with E-state index in [1.54, 1.807) is 12.1 Å². The van der Waals surface area contributed by atoms with Crippen LogP contribution in [0.1, 0.15) is 23.6 Å². The van der Waals surface area contributed by atoms with Crippen LogP contribution < -0.4 is 5.32 Å². The molecule has 0 aliphatic rings. The average molecular weight is 326 g/mol. The summed E-state index contributed by atoms with van der Waals surface area (Å²) in [5.74, 6) is 0. The molecule has 2 aromatic rings. The first-order valence-electron chi connectivity index (χ1n) is 6.12. The molecule has 0 saturated carbocycles. The van der Waals surface area contributed by atoms with E-state index in [2.05, 4.69) is 33.4 Å². The van der Waals surface area contributed by atoms with Gasteiger partial charge < -0.3 is 5.32 Å². The van der Waals surface area contributed by atoms with Crippen LogP contribution in [0.5, 0.6) is 0 Å². The Morgan fingerprint density at radius 2 is 1.85 bits per heavy atom. The highest BCUT2D eigenvalue weighted by Gasteiger charge is 2.12. The van der Waals surface area contributed by atoms with Crippen LogP contribution in [-0.4, -0.2) is 0 Å². The van der Waals surface area contributed by atoms with Gasteiger partial charge in [0.05, 0.1) is 30.2 Å². The summed E-state index contributed by atoms with van der Waals surface area (Å²) in [5, 5.41) is 21.2. The van der Waals surface area contributed by atoms with E-state index in [0.717, 1.165) is 15.7 Å². The van der Waals surface area contributed by atoms with Crippen molar-refractivity contribution in [2.75, 3.05) is 5.32 Å². The summed E-state index contributed by atoms with van der Waals surface area (Å²) >= 11 is 3.44. The van der Waals surface area contributed by atoms with Gasteiger partial charge in [0, 0.05) is 10.2 Å². The molecule has 0 radical (unpaired) electrons. The number of hydrogen-bond donors (Lipinski definition) is 1. The molecule has 0 heterocycles. The summed E-state index contributed by atoms with van der Waals surface area (Å²) in [6.45, 7) is 0. The van der Waals surface area contributed by atoms with E-state index in [1.807, 2.05) is 36.4 Å². The van der Waals surface area contributed by atoms with Crippen molar-refractivity contribution < 1.29 is 0 Å². The largest absolute Gasteiger partial charge is 0.376 e. The Hall–Kier alpha value is -2.30. The SMILES string of the molecule is N#CCC(Nc1ccc(C#N)cc1Br)c1ccccc1. The fourth-order valence-corrected chi connectivity index (χ4v) is 2.41. The highest BCUT2D eigenvalue weighted by Crippen LogP contribution is 2.28. The van der Waals surface area contributed by atoms with E-state index in [0.29, 0.717) is 12.0 Å². The Kier molecular flexibility index (Phi) is 4.76. The lowest BCUT2D eigenvalue weighted by Crippen LogP contribution is -2.10. The fraction of sp³-hybridized carbons (Fsp3) is 0.125. The van der Waals surface area contributed by atoms with E-state index >= 15 is 0 Å². The summed E-state index contributed by atoms with van der Waals surface area (Å²) in [5.41, 5.74) is 2.53. The van der Waals surface area contributed by atoms with Gasteiger partial charge in [-0.05, 0) is 39.7 Å². The lowest BCUT2D eigenvalue weighted by atomic mass is 10.0. The zero-order valence-electron chi connectivity index (χ0n) is 10.7. The molecule has 2 rings (SSSR count). The van der Waals surface area contributed by atoms with Crippen LogP contribution in [0.25, 0.3) is 0 Å². The zero-order valence-corrected chi connectivity index (χ0v) is 12.3. The standard InChI is InChI=1S/C16H12BrN3/c17-14-10-12(11-19)6-7-16(14)20-15(8-9-18)13-4-2-1-3-5-13/h1-7,10,15,20H,8H2. The Labute approximate surface area is 126 Å². The first-order valence-corrected chi connectivity index (χ1v) is 6.92. The molecule has 1 unspecified atom stereocenters. The first kappa shape index (κ1) is 14.1. The van der Waals surface area contributed by atoms with Gasteiger partial charge in [-0.25, -0.2) is 0 Å². The van der Waals surface area contributed by atoms with Gasteiger partial charge in [-0.2, -0.15) is 10.5 Å². The molecule has 1 N–H and O–H groups in total. The van der Waals surface area contributed by atoms with Gasteiger partial charge in [0.1, 0.15) is 0 Å². The van der Waals surface area contributed by atoms with Crippen molar-refractivity contribution in [3.63, 3.8) is 0 Å². The smallest absolute Gasteiger partial charge is 0.0992 e. The highest BCUT2D eigenvalue weighted by molar-refractivity contribution is 9.10. The second kappa shape index (κ2) is 6.75. The third kappa shape index (κ3) is 3.38. The molecule has 0 aliphatic carbocycles. The van der Waals surface area contributed by atoms with Crippen molar-refractivity contribution in [2.45, 2.75) is 12.5 Å². The Morgan fingerprint density at radius 1 is 1.10 bits per heavy atom. The van der Waals surface area contributed by atoms with Crippen molar-refractivity contribution in [1.82, 2.24) is 0 Å². The Bertz CT molecular complexity index is 668. The molecule has 0 spiro atoms. The molecule has 1 atom stereocenters. The molecule has 0 fully saturated rings. The number of nitrogens with zero attached hydrogens (tertiary/aromatic N) is 2. The topological polar surface area (TPSA) is 59.6 Å². The maximum absolute atomic E-state index is 8.98. The number of nitrogens with one attached hydrogen (secondary N) is 1. The monoisotopic (exact) mass is 325 g/mol. The maximum Gasteiger partial charge on any atom is 0.0992 e. The van der Waals surface area contributed by atoms with Crippen molar-refractivity contribution in [2.24, 2.45) is 0 Å². The minimum atomic E-state index is -0.0783. The van der Waals surface area contributed by atoms with Crippen LogP contribution >= 0.6 is 15.9 Å². The zero-order chi connectivity index (χ0) is 14.4. The van der Waals surface area contributed by atoms with Gasteiger partial charge in [-0.1, -0.05) is 30.3 Å². The van der Waals surface area contributed by atoms with Crippen molar-refractivity contribution >= 4 is 21.6 Å². The summed E-state index contributed by atoms with van der Waals surface area (Å²) in [4.78, 5) is 0. The fourth-order valence-electron chi connectivity index (χ4n) is 1.92. The molecular formula is C16H12BrN3. The van der Waals surface area contributed by atoms with Crippen molar-refractivity contribution in [1.29, 1.82) is 10.5 Å². The quantitative estimate of drug-likeness (QED) is 0.906. The van der Waals surface area contributed by atoms with E-state index in [-0.39, 0.29) is 6.04 Å². The van der Waals surface area contributed by atoms with Gasteiger partial charge in [-0.15, -0.1) is 0 Å². The number of nitriles is 2. The predicted octanol–water partition coefficient (Wildman–Crippen LogP) is 4.39. The number of halogens is 1. The van der Waals surface area contributed by atoms with E-state index in [1.165, 1.54) is 0 Å². The first-order chi connectivity index (χ1) is 9.74. The van der Waals surface area contributed by atoms with Gasteiger partial charge in [0.15, 0.2) is 0 Å². The lowest BCUT2D eigenvalue weighted by Gasteiger charge is -2.18. The molecule has 3 nitrogen and oxygen atoms in total. The molecule has 98 valence electrons. The molecule has 20 heavy (non-hydrogen) atoms. The van der Waals surface area contributed by atoms with Gasteiger partial charge in [0.25, 0.3) is 0 Å². The predicted molar refractivity (Wildman–Crippen MR) is 81.9 cm³/mol. The second-order valence-corrected chi connectivity index (χ2v) is 5.13. The number of benzene rings is 2. The summed E-state index contributed by atoms with van der Waals surface area (Å²) < 4.78 is 0.815. The lowest BCUT2D eigenvalue weighted by molar-refractivity contribution is 0.805. The highest BCUT2D eigenvalue weighted by atomic mass is 79.9. The number of hydrogen-bond acceptors (Lipinski definition) is 3. The molecule has 2 aromatic carbocycles. The van der Waals surface area contributed by atoms with E-state index in [9.17, 15) is 0 Å². The molecule has 4 heteroatoms. The maximum atomic E-state index is 8.98. The van der Waals surface area contributed by atoms with Gasteiger partial charge in [-0.3, -0.25) is 0 Å². The second-order valence-electron chi connectivity index (χ2n) is 4.28. The minimum absolute atomic E-state index is 0.0783. The molecule has 0 saturated heterocycles. The normalized spacial score (nSPS) is 11.2. The van der Waals surface area contributed by atoms with Crippen LogP contribution in [0.3, 0.4) is 0 Å². The van der Waals surface area contributed by atoms with Crippen LogP contribution in [0.2, 0.25) is 0 Å². The Morgan fingerprint density at radius 3 is 2.45 bits per heavy atom. The van der Waals surface area contributed by atoms with Crippen LogP contribution in [0, 0.1) is 22.7 Å². The van der Waals surface area contributed by atoms with Crippen molar-refractivity contribution in [3.8, 4) is 12.1 Å².